The van der Waals surface area contributed by atoms with Crippen molar-refractivity contribution in [3.05, 3.63) is 17.7 Å². The van der Waals surface area contributed by atoms with Crippen LogP contribution >= 0.6 is 0 Å². The summed E-state index contributed by atoms with van der Waals surface area (Å²) in [6.07, 6.45) is 4.82. The molecule has 2 rings (SSSR count). The van der Waals surface area contributed by atoms with Gasteiger partial charge in [0.2, 0.25) is 0 Å². The van der Waals surface area contributed by atoms with E-state index in [1.165, 1.54) is 37.9 Å². The van der Waals surface area contributed by atoms with Crippen molar-refractivity contribution in [1.29, 1.82) is 0 Å². The number of benzene rings is 1. The zero-order valence-electron chi connectivity index (χ0n) is 14.3. The Hall–Kier alpha value is -1.42. The molecular weight excluding hydrogens is 276 g/mol. The molecule has 22 heavy (non-hydrogen) atoms. The Balaban J connectivity index is 1.92. The highest BCUT2D eigenvalue weighted by Gasteiger charge is 2.16. The molecule has 0 spiro atoms. The number of nitrogens with zero attached hydrogens (tertiary/aromatic N) is 1. The Labute approximate surface area is 134 Å². The SMILES string of the molecule is CCCCN(CC)CCCc1cc2c(c(OC)c1)OCCN2. The molecule has 0 saturated carbocycles. The van der Waals surface area contributed by atoms with Crippen LogP contribution in [-0.2, 0) is 6.42 Å². The van der Waals surface area contributed by atoms with E-state index in [0.29, 0.717) is 6.61 Å². The predicted octanol–water partition coefficient (Wildman–Crippen LogP) is 3.55. The Morgan fingerprint density at radius 2 is 2.05 bits per heavy atom. The largest absolute Gasteiger partial charge is 0.493 e. The number of anilines is 1. The predicted molar refractivity (Wildman–Crippen MR) is 92.3 cm³/mol. The fourth-order valence-electron chi connectivity index (χ4n) is 2.89. The van der Waals surface area contributed by atoms with Crippen LogP contribution < -0.4 is 14.8 Å². The molecule has 0 unspecified atom stereocenters. The van der Waals surface area contributed by atoms with E-state index >= 15 is 0 Å². The summed E-state index contributed by atoms with van der Waals surface area (Å²) in [5.41, 5.74) is 2.39. The third kappa shape index (κ3) is 4.54. The van der Waals surface area contributed by atoms with Gasteiger partial charge in [0.15, 0.2) is 11.5 Å². The lowest BCUT2D eigenvalue weighted by atomic mass is 10.1. The summed E-state index contributed by atoms with van der Waals surface area (Å²) in [5, 5.41) is 3.40. The van der Waals surface area contributed by atoms with Crippen LogP contribution in [0, 0.1) is 0 Å². The van der Waals surface area contributed by atoms with Crippen LogP contribution in [0.5, 0.6) is 11.5 Å². The van der Waals surface area contributed by atoms with E-state index < -0.39 is 0 Å². The number of fused-ring (bicyclic) bond motifs is 1. The van der Waals surface area contributed by atoms with Gasteiger partial charge in [-0.2, -0.15) is 0 Å². The maximum atomic E-state index is 5.71. The zero-order chi connectivity index (χ0) is 15.8. The van der Waals surface area contributed by atoms with Crippen molar-refractivity contribution < 1.29 is 9.47 Å². The average Bonchev–Trinajstić information content (AvgIpc) is 2.57. The highest BCUT2D eigenvalue weighted by atomic mass is 16.5. The van der Waals surface area contributed by atoms with Gasteiger partial charge >= 0.3 is 0 Å². The quantitative estimate of drug-likeness (QED) is 0.756. The van der Waals surface area contributed by atoms with Crippen molar-refractivity contribution in [3.8, 4) is 11.5 Å². The number of hydrogen-bond acceptors (Lipinski definition) is 4. The second-order valence-corrected chi connectivity index (χ2v) is 5.84. The maximum absolute atomic E-state index is 5.71. The molecule has 0 bridgehead atoms. The number of hydrogen-bond donors (Lipinski definition) is 1. The van der Waals surface area contributed by atoms with Gasteiger partial charge in [-0.15, -0.1) is 0 Å². The molecule has 4 heteroatoms. The van der Waals surface area contributed by atoms with Gasteiger partial charge in [-0.3, -0.25) is 0 Å². The summed E-state index contributed by atoms with van der Waals surface area (Å²) in [7, 11) is 1.71. The van der Waals surface area contributed by atoms with Crippen LogP contribution in [0.2, 0.25) is 0 Å². The first-order valence-electron chi connectivity index (χ1n) is 8.58. The van der Waals surface area contributed by atoms with Crippen LogP contribution in [0.15, 0.2) is 12.1 Å². The molecule has 0 aromatic heterocycles. The third-order valence-electron chi connectivity index (χ3n) is 4.21. The molecule has 1 aliphatic heterocycles. The van der Waals surface area contributed by atoms with Gasteiger partial charge in [0.05, 0.1) is 12.8 Å². The summed E-state index contributed by atoms with van der Waals surface area (Å²) < 4.78 is 11.2. The van der Waals surface area contributed by atoms with Crippen molar-refractivity contribution in [2.75, 3.05) is 45.2 Å². The van der Waals surface area contributed by atoms with Crippen molar-refractivity contribution in [1.82, 2.24) is 4.90 Å². The molecular formula is C18H30N2O2. The molecule has 4 nitrogen and oxygen atoms in total. The van der Waals surface area contributed by atoms with E-state index in [2.05, 4.69) is 36.2 Å². The average molecular weight is 306 g/mol. The van der Waals surface area contributed by atoms with E-state index in [1.807, 2.05) is 0 Å². The molecule has 0 fully saturated rings. The van der Waals surface area contributed by atoms with Crippen LogP contribution in [0.1, 0.15) is 38.7 Å². The topological polar surface area (TPSA) is 33.7 Å². The van der Waals surface area contributed by atoms with E-state index in [1.54, 1.807) is 7.11 Å². The molecule has 1 aromatic carbocycles. The van der Waals surface area contributed by atoms with Crippen LogP contribution in [0.3, 0.4) is 0 Å². The summed E-state index contributed by atoms with van der Waals surface area (Å²) in [5.74, 6) is 1.70. The second-order valence-electron chi connectivity index (χ2n) is 5.84. The van der Waals surface area contributed by atoms with Gasteiger partial charge in [-0.25, -0.2) is 0 Å². The molecule has 1 heterocycles. The number of unbranched alkanes of at least 4 members (excludes halogenated alkanes) is 1. The first-order valence-corrected chi connectivity index (χ1v) is 8.58. The van der Waals surface area contributed by atoms with Gasteiger partial charge in [0.1, 0.15) is 6.61 Å². The van der Waals surface area contributed by atoms with Gasteiger partial charge in [-0.05, 0) is 56.6 Å². The summed E-state index contributed by atoms with van der Waals surface area (Å²) in [4.78, 5) is 2.54. The van der Waals surface area contributed by atoms with Crippen molar-refractivity contribution >= 4 is 5.69 Å². The van der Waals surface area contributed by atoms with E-state index in [-0.39, 0.29) is 0 Å². The summed E-state index contributed by atoms with van der Waals surface area (Å²) in [6, 6.07) is 4.33. The molecule has 1 aromatic rings. The summed E-state index contributed by atoms with van der Waals surface area (Å²) in [6.45, 7) is 9.59. The van der Waals surface area contributed by atoms with Crippen molar-refractivity contribution in [2.24, 2.45) is 0 Å². The molecule has 1 N–H and O–H groups in total. The smallest absolute Gasteiger partial charge is 0.184 e. The highest BCUT2D eigenvalue weighted by Crippen LogP contribution is 2.38. The normalized spacial score (nSPS) is 13.5. The Bertz CT molecular complexity index is 445. The Kier molecular flexibility index (Phi) is 6.84. The third-order valence-corrected chi connectivity index (χ3v) is 4.21. The molecule has 0 atom stereocenters. The first-order chi connectivity index (χ1) is 10.8. The van der Waals surface area contributed by atoms with Crippen molar-refractivity contribution in [2.45, 2.75) is 39.5 Å². The van der Waals surface area contributed by atoms with Gasteiger partial charge in [0, 0.05) is 6.54 Å². The minimum Gasteiger partial charge on any atom is -0.493 e. The number of rotatable bonds is 9. The zero-order valence-corrected chi connectivity index (χ0v) is 14.3. The van der Waals surface area contributed by atoms with E-state index in [4.69, 9.17) is 9.47 Å². The molecule has 0 radical (unpaired) electrons. The number of ether oxygens (including phenoxy) is 2. The summed E-state index contributed by atoms with van der Waals surface area (Å²) >= 11 is 0. The molecule has 0 saturated heterocycles. The lowest BCUT2D eigenvalue weighted by Gasteiger charge is -2.23. The second kappa shape index (κ2) is 8.89. The van der Waals surface area contributed by atoms with Gasteiger partial charge in [0.25, 0.3) is 0 Å². The van der Waals surface area contributed by atoms with Gasteiger partial charge in [-0.1, -0.05) is 20.3 Å². The van der Waals surface area contributed by atoms with E-state index in [9.17, 15) is 0 Å². The Morgan fingerprint density at radius 3 is 2.77 bits per heavy atom. The lowest BCUT2D eigenvalue weighted by Crippen LogP contribution is -2.26. The van der Waals surface area contributed by atoms with Crippen LogP contribution in [0.25, 0.3) is 0 Å². The highest BCUT2D eigenvalue weighted by molar-refractivity contribution is 5.66. The molecule has 124 valence electrons. The standard InChI is InChI=1S/C18H30N2O2/c1-4-6-10-20(5-2)11-7-8-15-13-16-18(17(14-15)21-3)22-12-9-19-16/h13-14,19H,4-12H2,1-3H3. The lowest BCUT2D eigenvalue weighted by molar-refractivity contribution is 0.280. The molecule has 0 amide bonds. The Morgan fingerprint density at radius 1 is 1.23 bits per heavy atom. The minimum atomic E-state index is 0.700. The van der Waals surface area contributed by atoms with Crippen molar-refractivity contribution in [3.63, 3.8) is 0 Å². The van der Waals surface area contributed by atoms with E-state index in [0.717, 1.165) is 36.7 Å². The van der Waals surface area contributed by atoms with Crippen LogP contribution in [-0.4, -0.2) is 44.8 Å². The molecule has 0 aliphatic carbocycles. The number of nitrogens with one attached hydrogen (secondary N) is 1. The number of methoxy groups -OCH3 is 1. The minimum absolute atomic E-state index is 0.700. The van der Waals surface area contributed by atoms with Crippen LogP contribution in [0.4, 0.5) is 5.69 Å². The first kappa shape index (κ1) is 16.9. The van der Waals surface area contributed by atoms with Gasteiger partial charge < -0.3 is 19.7 Å². The fourth-order valence-corrected chi connectivity index (χ4v) is 2.89. The molecule has 1 aliphatic rings. The maximum Gasteiger partial charge on any atom is 0.184 e. The fraction of sp³-hybridized carbons (Fsp3) is 0.667. The number of aryl methyl sites for hydroxylation is 1. The monoisotopic (exact) mass is 306 g/mol.